The number of benzene rings is 2. The molecule has 0 aromatic heterocycles. The summed E-state index contributed by atoms with van der Waals surface area (Å²) in [6, 6.07) is 13.8. The summed E-state index contributed by atoms with van der Waals surface area (Å²) >= 11 is 0. The molecule has 0 bridgehead atoms. The van der Waals surface area contributed by atoms with Crippen LogP contribution in [0.1, 0.15) is 34.3 Å². The van der Waals surface area contributed by atoms with E-state index >= 15 is 0 Å². The molecule has 1 aliphatic heterocycles. The van der Waals surface area contributed by atoms with Gasteiger partial charge in [0, 0.05) is 39.9 Å². The second kappa shape index (κ2) is 15.3. The van der Waals surface area contributed by atoms with E-state index in [2.05, 4.69) is 4.90 Å². The van der Waals surface area contributed by atoms with Crippen LogP contribution in [-0.4, -0.2) is 91.2 Å². The fourth-order valence-corrected chi connectivity index (χ4v) is 4.26. The van der Waals surface area contributed by atoms with Crippen molar-refractivity contribution in [3.8, 4) is 0 Å². The topological polar surface area (TPSA) is 90.4 Å². The Labute approximate surface area is 231 Å². The van der Waals surface area contributed by atoms with Gasteiger partial charge >= 0.3 is 18.2 Å². The smallest absolute Gasteiger partial charge is 0.475 e. The Kier molecular flexibility index (Phi) is 12.5. The predicted molar refractivity (Wildman–Crippen MR) is 140 cm³/mol. The van der Waals surface area contributed by atoms with Crippen molar-refractivity contribution in [1.82, 2.24) is 14.7 Å². The van der Waals surface area contributed by atoms with Crippen molar-refractivity contribution < 1.29 is 41.8 Å². The number of piperidine rings is 1. The number of carboxylic acid groups (broad SMARTS) is 1. The van der Waals surface area contributed by atoms with E-state index in [1.54, 1.807) is 16.9 Å². The molecule has 1 fully saturated rings. The average Bonchev–Trinajstić information content (AvgIpc) is 2.90. The van der Waals surface area contributed by atoms with E-state index in [1.165, 1.54) is 24.3 Å². The number of hydrogen-bond acceptors (Lipinski definition) is 5. The molecule has 0 unspecified atom stereocenters. The Bertz CT molecular complexity index is 1100. The molecule has 3 rings (SSSR count). The number of likely N-dealkylation sites (tertiary alicyclic amines) is 1. The van der Waals surface area contributed by atoms with Gasteiger partial charge in [-0.05, 0) is 67.2 Å². The minimum atomic E-state index is -5.08. The van der Waals surface area contributed by atoms with Crippen molar-refractivity contribution in [2.45, 2.75) is 32.2 Å². The van der Waals surface area contributed by atoms with Gasteiger partial charge in [-0.15, -0.1) is 0 Å². The molecule has 8 nitrogen and oxygen atoms in total. The fraction of sp³-hybridized carbons (Fsp3) is 0.464. The third-order valence-corrected chi connectivity index (χ3v) is 6.42. The molecular weight excluding hydrogens is 534 g/mol. The summed E-state index contributed by atoms with van der Waals surface area (Å²) in [5, 5.41) is 7.12. The highest BCUT2D eigenvalue weighted by Crippen LogP contribution is 2.19. The predicted octanol–water partition coefficient (Wildman–Crippen LogP) is 4.68. The van der Waals surface area contributed by atoms with Crippen LogP contribution in [0.2, 0.25) is 0 Å². The Morgan fingerprint density at radius 3 is 1.98 bits per heavy atom. The van der Waals surface area contributed by atoms with Crippen LogP contribution in [0.3, 0.4) is 0 Å². The Hall–Kier alpha value is -3.51. The van der Waals surface area contributed by atoms with Crippen molar-refractivity contribution in [1.29, 1.82) is 0 Å². The minimum absolute atomic E-state index is 0.00452. The maximum absolute atomic E-state index is 13.1. The van der Waals surface area contributed by atoms with E-state index in [1.807, 2.05) is 38.4 Å². The van der Waals surface area contributed by atoms with Crippen LogP contribution in [-0.2, 0) is 22.7 Å². The summed E-state index contributed by atoms with van der Waals surface area (Å²) < 4.78 is 49.9. The number of halogens is 4. The van der Waals surface area contributed by atoms with Crippen LogP contribution in [0.5, 0.6) is 0 Å². The van der Waals surface area contributed by atoms with Crippen molar-refractivity contribution in [2.75, 3.05) is 47.4 Å². The van der Waals surface area contributed by atoms with Gasteiger partial charge in [-0.3, -0.25) is 9.69 Å². The van der Waals surface area contributed by atoms with Crippen LogP contribution in [0.15, 0.2) is 48.5 Å². The van der Waals surface area contributed by atoms with Gasteiger partial charge < -0.3 is 19.6 Å². The molecule has 1 saturated heterocycles. The summed E-state index contributed by atoms with van der Waals surface area (Å²) in [6.07, 6.45) is -3.20. The third-order valence-electron chi connectivity index (χ3n) is 6.42. The number of methoxy groups -OCH3 is 1. The first-order valence-corrected chi connectivity index (χ1v) is 12.6. The molecule has 12 heteroatoms. The van der Waals surface area contributed by atoms with Gasteiger partial charge in [0.2, 0.25) is 0 Å². The number of hydrogen-bond donors (Lipinski definition) is 1. The maximum atomic E-state index is 13.1. The number of nitrogens with zero attached hydrogens (tertiary/aromatic N) is 3. The van der Waals surface area contributed by atoms with Gasteiger partial charge in [-0.25, -0.2) is 14.0 Å². The number of carbonyl (C=O) groups excluding carboxylic acids is 2. The normalized spacial score (nSPS) is 14.2. The lowest BCUT2D eigenvalue weighted by Crippen LogP contribution is -2.44. The lowest BCUT2D eigenvalue weighted by molar-refractivity contribution is -0.192. The Morgan fingerprint density at radius 1 is 0.950 bits per heavy atom. The quantitative estimate of drug-likeness (QED) is 0.348. The molecule has 40 heavy (non-hydrogen) atoms. The van der Waals surface area contributed by atoms with E-state index < -0.39 is 12.1 Å². The van der Waals surface area contributed by atoms with Gasteiger partial charge in [0.05, 0.1) is 13.2 Å². The van der Waals surface area contributed by atoms with E-state index in [-0.39, 0.29) is 17.6 Å². The monoisotopic (exact) mass is 569 g/mol. The van der Waals surface area contributed by atoms with Crippen molar-refractivity contribution in [3.05, 3.63) is 71.0 Å². The van der Waals surface area contributed by atoms with Crippen molar-refractivity contribution in [3.63, 3.8) is 0 Å². The van der Waals surface area contributed by atoms with Crippen LogP contribution in [0, 0.1) is 11.7 Å². The molecular formula is C28H35F4N3O5. The Morgan fingerprint density at radius 2 is 1.48 bits per heavy atom. The number of aliphatic carboxylic acids is 1. The number of urea groups is 1. The fourth-order valence-electron chi connectivity index (χ4n) is 4.26. The number of Topliss-reactive ketones (excluding diaryl/α,β-unsaturated/α-hetero) is 1. The zero-order valence-corrected chi connectivity index (χ0v) is 22.8. The molecule has 0 spiro atoms. The largest absolute Gasteiger partial charge is 0.490 e. The number of alkyl halides is 3. The number of rotatable bonds is 9. The van der Waals surface area contributed by atoms with Crippen LogP contribution in [0.25, 0.3) is 0 Å². The third kappa shape index (κ3) is 10.9. The van der Waals surface area contributed by atoms with Crippen molar-refractivity contribution in [2.24, 2.45) is 5.92 Å². The van der Waals surface area contributed by atoms with Gasteiger partial charge in [0.1, 0.15) is 5.82 Å². The maximum Gasteiger partial charge on any atom is 0.490 e. The first-order valence-electron chi connectivity index (χ1n) is 12.6. The van der Waals surface area contributed by atoms with Gasteiger partial charge in [0.15, 0.2) is 5.78 Å². The molecule has 0 saturated carbocycles. The standard InChI is InChI=1S/C26H34FN3O3.C2HF3O2/c1-28(16-20-4-6-22(7-5-20)19-33-3)26(32)29(2)17-21-12-14-30(15-13-21)18-25(31)23-8-10-24(27)11-9-23;3-2(4,5)1(6)7/h4-11,21H,12-19H2,1-3H3;(H,6,7). The first-order chi connectivity index (χ1) is 18.8. The molecule has 2 aromatic carbocycles. The molecule has 2 aromatic rings. The summed E-state index contributed by atoms with van der Waals surface area (Å²) in [5.41, 5.74) is 2.73. The van der Waals surface area contributed by atoms with E-state index in [9.17, 15) is 27.2 Å². The number of ether oxygens (including phenoxy) is 1. The Balaban J connectivity index is 0.000000708. The van der Waals surface area contributed by atoms with Crippen LogP contribution >= 0.6 is 0 Å². The van der Waals surface area contributed by atoms with Gasteiger partial charge in [-0.1, -0.05) is 24.3 Å². The first kappa shape index (κ1) is 32.7. The van der Waals surface area contributed by atoms with Gasteiger partial charge in [-0.2, -0.15) is 13.2 Å². The lowest BCUT2D eigenvalue weighted by Gasteiger charge is -2.34. The second-order valence-corrected chi connectivity index (χ2v) is 9.72. The SMILES string of the molecule is COCc1ccc(CN(C)C(=O)N(C)CC2CCN(CC(=O)c3ccc(F)cc3)CC2)cc1.O=C(O)C(F)(F)F. The number of ketones is 1. The van der Waals surface area contributed by atoms with E-state index in [4.69, 9.17) is 14.6 Å². The second-order valence-electron chi connectivity index (χ2n) is 9.72. The molecule has 220 valence electrons. The zero-order chi connectivity index (χ0) is 29.9. The van der Waals surface area contributed by atoms with Gasteiger partial charge in [0.25, 0.3) is 0 Å². The number of carbonyl (C=O) groups is 3. The van der Waals surface area contributed by atoms with E-state index in [0.29, 0.717) is 37.7 Å². The van der Waals surface area contributed by atoms with Crippen LogP contribution < -0.4 is 0 Å². The van der Waals surface area contributed by atoms with Crippen molar-refractivity contribution >= 4 is 17.8 Å². The highest BCUT2D eigenvalue weighted by atomic mass is 19.4. The summed E-state index contributed by atoms with van der Waals surface area (Å²) in [7, 11) is 5.35. The van der Waals surface area contributed by atoms with Crippen LogP contribution in [0.4, 0.5) is 22.4 Å². The minimum Gasteiger partial charge on any atom is -0.475 e. The molecule has 0 radical (unpaired) electrons. The molecule has 0 aliphatic carbocycles. The lowest BCUT2D eigenvalue weighted by atomic mass is 9.96. The highest BCUT2D eigenvalue weighted by Gasteiger charge is 2.38. The molecule has 0 atom stereocenters. The summed E-state index contributed by atoms with van der Waals surface area (Å²) in [6.45, 7) is 3.83. The summed E-state index contributed by atoms with van der Waals surface area (Å²) in [5.74, 6) is -2.67. The molecule has 2 amide bonds. The summed E-state index contributed by atoms with van der Waals surface area (Å²) in [4.78, 5) is 39.8. The molecule has 1 N–H and O–H groups in total. The average molecular weight is 570 g/mol. The number of amides is 2. The number of carboxylic acids is 1. The highest BCUT2D eigenvalue weighted by molar-refractivity contribution is 5.97. The molecule has 1 aliphatic rings. The molecule has 1 heterocycles. The van der Waals surface area contributed by atoms with E-state index in [0.717, 1.165) is 37.1 Å². The zero-order valence-electron chi connectivity index (χ0n) is 22.8.